The van der Waals surface area contributed by atoms with Gasteiger partial charge in [0.1, 0.15) is 24.7 Å². The van der Waals surface area contributed by atoms with Crippen LogP contribution in [0.5, 0.6) is 11.5 Å². The fourth-order valence-electron chi connectivity index (χ4n) is 3.09. The SMILES string of the molecule is CCc1ccc(OCCOCCOCCCCS(=O)(=O)[O-])cc1OCCOCCOCCCCS(=O)(=O)[O-].[K+].[K+]. The first-order valence-electron chi connectivity index (χ1n) is 12.7. The van der Waals surface area contributed by atoms with Crippen LogP contribution in [0.25, 0.3) is 0 Å². The summed E-state index contributed by atoms with van der Waals surface area (Å²) in [5, 5.41) is 0. The van der Waals surface area contributed by atoms with Crippen molar-refractivity contribution in [2.24, 2.45) is 0 Å². The van der Waals surface area contributed by atoms with Gasteiger partial charge >= 0.3 is 103 Å². The van der Waals surface area contributed by atoms with Gasteiger partial charge in [0.2, 0.25) is 0 Å². The molecule has 0 atom stereocenters. The zero-order valence-electron chi connectivity index (χ0n) is 24.0. The predicted octanol–water partition coefficient (Wildman–Crippen LogP) is -4.27. The van der Waals surface area contributed by atoms with Crippen molar-refractivity contribution in [1.82, 2.24) is 0 Å². The Morgan fingerprint density at radius 1 is 0.600 bits per heavy atom. The molecule has 12 nitrogen and oxygen atoms in total. The van der Waals surface area contributed by atoms with E-state index in [0.29, 0.717) is 84.7 Å². The number of aryl methyl sites for hydroxylation is 1. The summed E-state index contributed by atoms with van der Waals surface area (Å²) in [5.74, 6) is 0.637. The van der Waals surface area contributed by atoms with Gasteiger partial charge in [-0.1, -0.05) is 13.0 Å². The van der Waals surface area contributed by atoms with Crippen molar-refractivity contribution in [3.63, 3.8) is 0 Å². The summed E-state index contributed by atoms with van der Waals surface area (Å²) in [6.07, 6.45) is 2.38. The van der Waals surface area contributed by atoms with E-state index in [9.17, 15) is 25.9 Å². The fourth-order valence-corrected chi connectivity index (χ4v) is 4.21. The molecule has 222 valence electrons. The van der Waals surface area contributed by atoms with Gasteiger partial charge in [0.15, 0.2) is 0 Å². The molecule has 40 heavy (non-hydrogen) atoms. The first-order chi connectivity index (χ1) is 18.1. The van der Waals surface area contributed by atoms with Crippen molar-refractivity contribution in [2.45, 2.75) is 39.0 Å². The van der Waals surface area contributed by atoms with Gasteiger partial charge in [-0.25, -0.2) is 16.8 Å². The van der Waals surface area contributed by atoms with Crippen molar-refractivity contribution >= 4 is 20.2 Å². The van der Waals surface area contributed by atoms with E-state index < -0.39 is 20.2 Å². The molecule has 0 radical (unpaired) electrons. The van der Waals surface area contributed by atoms with E-state index in [1.54, 1.807) is 0 Å². The molecule has 0 saturated carbocycles. The van der Waals surface area contributed by atoms with Crippen molar-refractivity contribution < 1.29 is 157 Å². The summed E-state index contributed by atoms with van der Waals surface area (Å²) in [6, 6.07) is 5.65. The summed E-state index contributed by atoms with van der Waals surface area (Å²) in [5.41, 5.74) is 1.04. The minimum atomic E-state index is -4.16. The van der Waals surface area contributed by atoms with E-state index in [-0.39, 0.29) is 127 Å². The second-order valence-electron chi connectivity index (χ2n) is 8.21. The molecule has 0 aromatic heterocycles. The van der Waals surface area contributed by atoms with Gasteiger partial charge in [0, 0.05) is 30.8 Å². The van der Waals surface area contributed by atoms with Gasteiger partial charge in [-0.15, -0.1) is 0 Å². The normalized spacial score (nSPS) is 11.5. The zero-order chi connectivity index (χ0) is 28.1. The van der Waals surface area contributed by atoms with E-state index in [2.05, 4.69) is 0 Å². The quantitative estimate of drug-likeness (QED) is 0.0562. The summed E-state index contributed by atoms with van der Waals surface area (Å²) in [7, 11) is -8.32. The number of ether oxygens (including phenoxy) is 6. The Hall–Kier alpha value is 1.75. The Kier molecular flexibility index (Phi) is 29.7. The second-order valence-corrected chi connectivity index (χ2v) is 11.3. The Morgan fingerprint density at radius 2 is 1.02 bits per heavy atom. The molecule has 0 bridgehead atoms. The molecule has 0 aliphatic carbocycles. The number of hydrogen-bond donors (Lipinski definition) is 0. The van der Waals surface area contributed by atoms with Gasteiger partial charge in [0.25, 0.3) is 0 Å². The topological polar surface area (TPSA) is 170 Å². The van der Waals surface area contributed by atoms with Crippen LogP contribution in [0.2, 0.25) is 0 Å². The third-order valence-electron chi connectivity index (χ3n) is 5.01. The van der Waals surface area contributed by atoms with Gasteiger partial charge in [-0.05, 0) is 43.7 Å². The first kappa shape index (κ1) is 43.9. The fraction of sp³-hybridized carbons (Fsp3) is 0.750. The Morgan fingerprint density at radius 3 is 1.48 bits per heavy atom. The molecule has 1 rings (SSSR count). The Balaban J connectivity index is 0. The van der Waals surface area contributed by atoms with Crippen molar-refractivity contribution in [3.05, 3.63) is 23.8 Å². The van der Waals surface area contributed by atoms with E-state index in [4.69, 9.17) is 28.4 Å². The molecule has 0 aliphatic heterocycles. The van der Waals surface area contributed by atoms with Crippen LogP contribution in [-0.2, 0) is 45.6 Å². The molecule has 0 amide bonds. The second kappa shape index (κ2) is 27.1. The smallest absolute Gasteiger partial charge is 0.748 e. The minimum absolute atomic E-state index is 0. The monoisotopic (exact) mass is 662 g/mol. The summed E-state index contributed by atoms with van der Waals surface area (Å²) in [6.45, 7) is 5.74. The maximum absolute atomic E-state index is 10.5. The Labute approximate surface area is 324 Å². The minimum Gasteiger partial charge on any atom is -0.748 e. The summed E-state index contributed by atoms with van der Waals surface area (Å²) < 4.78 is 96.2. The number of rotatable bonds is 25. The van der Waals surface area contributed by atoms with Crippen LogP contribution >= 0.6 is 0 Å². The van der Waals surface area contributed by atoms with Gasteiger partial charge < -0.3 is 37.5 Å². The number of benzene rings is 1. The van der Waals surface area contributed by atoms with E-state index in [1.165, 1.54) is 0 Å². The standard InChI is InChI=1S/C24H42O12S2.2K/c1-2-22-7-8-23(35-17-15-33-13-11-31-9-3-5-19-37(25,26)27)21-24(22)36-18-16-34-14-12-32-10-4-6-20-38(28,29)30;;/h7-8,21H,2-6,9-20H2,1H3,(H,25,26,27)(H,28,29,30);;/q;2*+1/p-2. The van der Waals surface area contributed by atoms with Crippen LogP contribution in [0.1, 0.15) is 38.2 Å². The molecule has 1 aromatic rings. The average molecular weight is 663 g/mol. The molecular weight excluding hydrogens is 623 g/mol. The summed E-state index contributed by atoms with van der Waals surface area (Å²) >= 11 is 0. The molecule has 0 N–H and O–H groups in total. The van der Waals surface area contributed by atoms with Gasteiger partial charge in [0.05, 0.1) is 59.9 Å². The molecule has 0 aliphatic rings. The molecule has 0 fully saturated rings. The third-order valence-corrected chi connectivity index (χ3v) is 6.59. The van der Waals surface area contributed by atoms with Crippen LogP contribution in [0, 0.1) is 0 Å². The van der Waals surface area contributed by atoms with E-state index in [1.807, 2.05) is 25.1 Å². The van der Waals surface area contributed by atoms with Crippen molar-refractivity contribution in [3.8, 4) is 11.5 Å². The molecule has 0 heterocycles. The van der Waals surface area contributed by atoms with Crippen LogP contribution in [0.3, 0.4) is 0 Å². The van der Waals surface area contributed by atoms with Gasteiger partial charge in [-0.3, -0.25) is 0 Å². The largest absolute Gasteiger partial charge is 1.00 e. The average Bonchev–Trinajstić information content (AvgIpc) is 2.84. The van der Waals surface area contributed by atoms with Crippen molar-refractivity contribution in [2.75, 3.05) is 77.6 Å². The summed E-state index contributed by atoms with van der Waals surface area (Å²) in [4.78, 5) is 0. The third kappa shape index (κ3) is 27.3. The van der Waals surface area contributed by atoms with Crippen LogP contribution in [0.15, 0.2) is 18.2 Å². The Bertz CT molecular complexity index is 963. The van der Waals surface area contributed by atoms with Gasteiger partial charge in [-0.2, -0.15) is 0 Å². The maximum atomic E-state index is 10.5. The molecule has 16 heteroatoms. The first-order valence-corrected chi connectivity index (χ1v) is 15.8. The maximum Gasteiger partial charge on any atom is 1.00 e. The predicted molar refractivity (Wildman–Crippen MR) is 138 cm³/mol. The molecule has 0 spiro atoms. The molecule has 0 unspecified atom stereocenters. The number of hydrogen-bond acceptors (Lipinski definition) is 12. The van der Waals surface area contributed by atoms with E-state index >= 15 is 0 Å². The number of unbranched alkanes of at least 4 members (excludes halogenated alkanes) is 2. The molecule has 0 saturated heterocycles. The molecule has 1 aromatic carbocycles. The zero-order valence-corrected chi connectivity index (χ0v) is 31.8. The van der Waals surface area contributed by atoms with Crippen LogP contribution < -0.4 is 112 Å². The van der Waals surface area contributed by atoms with Crippen LogP contribution in [-0.4, -0.2) is 104 Å². The van der Waals surface area contributed by atoms with E-state index in [0.717, 1.165) is 17.7 Å². The van der Waals surface area contributed by atoms with Crippen molar-refractivity contribution in [1.29, 1.82) is 0 Å². The van der Waals surface area contributed by atoms with Crippen LogP contribution in [0.4, 0.5) is 0 Å². The molecular formula is C24H40K2O12S2.